The lowest BCUT2D eigenvalue weighted by Crippen LogP contribution is -2.35. The number of hydrogen-bond acceptors (Lipinski definition) is 3. The summed E-state index contributed by atoms with van der Waals surface area (Å²) in [7, 11) is 1.47. The molecular formula is C4H5F3N3. The quantitative estimate of drug-likeness (QED) is 0.471. The summed E-state index contributed by atoms with van der Waals surface area (Å²) in [6.07, 6.45) is -2.24. The molecule has 6 heteroatoms. The number of nitrogens with zero attached hydrogens (tertiary/aromatic N) is 3. The molecule has 0 aromatic carbocycles. The Morgan fingerprint density at radius 1 is 1.50 bits per heavy atom. The molecule has 0 aliphatic carbocycles. The predicted octanol–water partition coefficient (Wildman–Crippen LogP) is 0.531. The predicted molar refractivity (Wildman–Crippen MR) is 28.0 cm³/mol. The van der Waals surface area contributed by atoms with E-state index in [4.69, 9.17) is 0 Å². The van der Waals surface area contributed by atoms with E-state index in [2.05, 4.69) is 11.4 Å². The van der Waals surface area contributed by atoms with Crippen molar-refractivity contribution >= 4 is 6.34 Å². The largest absolute Gasteiger partial charge is 0.502 e. The standard InChI is InChI=1S/C4H5F3N3/c1-9-2-8-10(3-9)4(5,6)7/h3H2,1H3. The first-order chi connectivity index (χ1) is 4.50. The van der Waals surface area contributed by atoms with E-state index in [1.807, 2.05) is 0 Å². The van der Waals surface area contributed by atoms with Gasteiger partial charge in [-0.25, -0.2) is 0 Å². The first kappa shape index (κ1) is 7.17. The molecule has 0 amide bonds. The maximum absolute atomic E-state index is 11.7. The molecular weight excluding hydrogens is 147 g/mol. The van der Waals surface area contributed by atoms with E-state index in [9.17, 15) is 13.2 Å². The lowest BCUT2D eigenvalue weighted by atomic mass is 10.8. The average molecular weight is 152 g/mol. The van der Waals surface area contributed by atoms with Crippen LogP contribution in [0.15, 0.2) is 5.10 Å². The minimum atomic E-state index is -4.38. The third-order valence-electron chi connectivity index (χ3n) is 0.975. The molecule has 0 unspecified atom stereocenters. The van der Waals surface area contributed by atoms with Crippen LogP contribution in [0.3, 0.4) is 0 Å². The van der Waals surface area contributed by atoms with E-state index in [0.717, 1.165) is 0 Å². The van der Waals surface area contributed by atoms with Crippen molar-refractivity contribution in [1.82, 2.24) is 9.91 Å². The van der Waals surface area contributed by atoms with Crippen molar-refractivity contribution in [2.24, 2.45) is 5.10 Å². The van der Waals surface area contributed by atoms with E-state index >= 15 is 0 Å². The zero-order valence-corrected chi connectivity index (χ0v) is 5.18. The topological polar surface area (TPSA) is 18.8 Å². The van der Waals surface area contributed by atoms with E-state index < -0.39 is 6.30 Å². The molecule has 0 aromatic rings. The summed E-state index contributed by atoms with van der Waals surface area (Å²) < 4.78 is 35.1. The van der Waals surface area contributed by atoms with Crippen LogP contribution in [0.25, 0.3) is 0 Å². The van der Waals surface area contributed by atoms with Gasteiger partial charge in [0, 0.05) is 7.05 Å². The van der Waals surface area contributed by atoms with Crippen LogP contribution < -0.4 is 0 Å². The molecule has 0 saturated heterocycles. The Morgan fingerprint density at radius 2 is 2.10 bits per heavy atom. The van der Waals surface area contributed by atoms with Crippen molar-refractivity contribution in [3.63, 3.8) is 0 Å². The summed E-state index contributed by atoms with van der Waals surface area (Å²) in [4.78, 5) is 1.22. The van der Waals surface area contributed by atoms with Gasteiger partial charge in [-0.1, -0.05) is 0 Å². The van der Waals surface area contributed by atoms with Crippen LogP contribution in [0.4, 0.5) is 13.2 Å². The monoisotopic (exact) mass is 152 g/mol. The molecule has 1 aliphatic heterocycles. The molecule has 0 N–H and O–H groups in total. The molecule has 57 valence electrons. The summed E-state index contributed by atoms with van der Waals surface area (Å²) in [5, 5.41) is 2.98. The molecule has 0 bridgehead atoms. The third kappa shape index (κ3) is 1.31. The fourth-order valence-corrected chi connectivity index (χ4v) is 0.531. The lowest BCUT2D eigenvalue weighted by Gasteiger charge is -2.17. The molecule has 0 saturated carbocycles. The lowest BCUT2D eigenvalue weighted by molar-refractivity contribution is -0.247. The van der Waals surface area contributed by atoms with E-state index in [0.29, 0.717) is 0 Å². The molecule has 0 atom stereocenters. The number of hydrazone groups is 1. The Kier molecular flexibility index (Phi) is 1.46. The van der Waals surface area contributed by atoms with Crippen molar-refractivity contribution < 1.29 is 13.2 Å². The van der Waals surface area contributed by atoms with Gasteiger partial charge in [-0.05, 0) is 0 Å². The van der Waals surface area contributed by atoms with Crippen LogP contribution in [-0.2, 0) is 0 Å². The van der Waals surface area contributed by atoms with Gasteiger partial charge < -0.3 is 4.90 Å². The second-order valence-corrected chi connectivity index (χ2v) is 1.91. The highest BCUT2D eigenvalue weighted by molar-refractivity contribution is 5.55. The van der Waals surface area contributed by atoms with Gasteiger partial charge in [-0.15, -0.1) is 18.3 Å². The molecule has 0 aromatic heterocycles. The summed E-state index contributed by atoms with van der Waals surface area (Å²) in [6, 6.07) is 0. The molecule has 0 fully saturated rings. The maximum atomic E-state index is 11.7. The van der Waals surface area contributed by atoms with Crippen LogP contribution >= 0.6 is 0 Å². The number of hydrogen-bond donors (Lipinski definition) is 0. The van der Waals surface area contributed by atoms with Gasteiger partial charge in [-0.3, -0.25) is 0 Å². The Hall–Kier alpha value is -0.940. The van der Waals surface area contributed by atoms with E-state index in [1.54, 1.807) is 0 Å². The first-order valence-electron chi connectivity index (χ1n) is 2.52. The van der Waals surface area contributed by atoms with Gasteiger partial charge in [0.2, 0.25) is 0 Å². The van der Waals surface area contributed by atoms with Crippen LogP contribution in [0.1, 0.15) is 0 Å². The Labute approximate surface area is 55.7 Å². The first-order valence-corrected chi connectivity index (χ1v) is 2.52. The second-order valence-electron chi connectivity index (χ2n) is 1.91. The third-order valence-corrected chi connectivity index (χ3v) is 0.975. The van der Waals surface area contributed by atoms with Crippen LogP contribution in [0, 0.1) is 0 Å². The zero-order chi connectivity index (χ0) is 7.78. The highest BCUT2D eigenvalue weighted by Crippen LogP contribution is 2.22. The van der Waals surface area contributed by atoms with Crippen molar-refractivity contribution in [2.45, 2.75) is 6.30 Å². The average Bonchev–Trinajstić information content (AvgIpc) is 2.11. The van der Waals surface area contributed by atoms with E-state index in [-0.39, 0.29) is 11.7 Å². The van der Waals surface area contributed by atoms with Gasteiger partial charge in [0.1, 0.15) is 6.67 Å². The number of halogens is 3. The summed E-state index contributed by atoms with van der Waals surface area (Å²) in [6.45, 7) is -0.274. The maximum Gasteiger partial charge on any atom is 0.502 e. The summed E-state index contributed by atoms with van der Waals surface area (Å²) >= 11 is 0. The Morgan fingerprint density at radius 3 is 2.30 bits per heavy atom. The Balaban J connectivity index is 2.55. The highest BCUT2D eigenvalue weighted by atomic mass is 19.4. The van der Waals surface area contributed by atoms with Crippen molar-refractivity contribution in [2.75, 3.05) is 13.7 Å². The minimum absolute atomic E-state index is 0.00694. The van der Waals surface area contributed by atoms with Gasteiger partial charge in [0.15, 0.2) is 6.34 Å². The van der Waals surface area contributed by atoms with E-state index in [1.165, 1.54) is 11.9 Å². The van der Waals surface area contributed by atoms with Gasteiger partial charge >= 0.3 is 6.30 Å². The molecule has 1 heterocycles. The molecule has 1 aliphatic rings. The number of alkyl halides is 3. The molecule has 0 spiro atoms. The molecule has 1 radical (unpaired) electrons. The fraction of sp³-hybridized carbons (Fsp3) is 0.750. The van der Waals surface area contributed by atoms with Crippen molar-refractivity contribution in [1.29, 1.82) is 0 Å². The zero-order valence-electron chi connectivity index (χ0n) is 5.18. The smallest absolute Gasteiger partial charge is 0.336 e. The normalized spacial score (nSPS) is 18.8. The highest BCUT2D eigenvalue weighted by Gasteiger charge is 2.39. The molecule has 3 nitrogen and oxygen atoms in total. The number of rotatable bonds is 0. The van der Waals surface area contributed by atoms with Crippen LogP contribution in [0.2, 0.25) is 0 Å². The van der Waals surface area contributed by atoms with Gasteiger partial charge in [-0.2, -0.15) is 5.01 Å². The minimum Gasteiger partial charge on any atom is -0.336 e. The van der Waals surface area contributed by atoms with Crippen LogP contribution in [-0.4, -0.2) is 36.3 Å². The SMILES string of the molecule is CN1[C]=NN(C(F)(F)F)C1. The molecule has 10 heavy (non-hydrogen) atoms. The summed E-state index contributed by atoms with van der Waals surface area (Å²) in [5.41, 5.74) is 0. The Bertz CT molecular complexity index is 152. The molecule has 1 rings (SSSR count). The van der Waals surface area contributed by atoms with Gasteiger partial charge in [0.05, 0.1) is 0 Å². The van der Waals surface area contributed by atoms with Crippen molar-refractivity contribution in [3.05, 3.63) is 0 Å². The van der Waals surface area contributed by atoms with Gasteiger partial charge in [0.25, 0.3) is 0 Å². The summed E-state index contributed by atoms with van der Waals surface area (Å²) in [5.74, 6) is 0. The fourth-order valence-electron chi connectivity index (χ4n) is 0.531. The van der Waals surface area contributed by atoms with Crippen LogP contribution in [0.5, 0.6) is 0 Å². The van der Waals surface area contributed by atoms with Crippen molar-refractivity contribution in [3.8, 4) is 0 Å². The second kappa shape index (κ2) is 2.03.